The SMILES string of the molecule is C#CC.C=C/C=C1/B(O)OCC/C1=C/C.CC. The summed E-state index contributed by atoms with van der Waals surface area (Å²) in [7, 11) is -0.775. The fourth-order valence-corrected chi connectivity index (χ4v) is 1.30. The average molecular weight is 234 g/mol. The van der Waals surface area contributed by atoms with Crippen molar-refractivity contribution in [2.75, 3.05) is 6.61 Å². The molecule has 0 aromatic rings. The average Bonchev–Trinajstić information content (AvgIpc) is 2.35. The third kappa shape index (κ3) is 7.62. The maximum atomic E-state index is 9.42. The van der Waals surface area contributed by atoms with E-state index in [2.05, 4.69) is 18.9 Å². The van der Waals surface area contributed by atoms with Crippen LogP contribution in [0.4, 0.5) is 0 Å². The molecule has 0 amide bonds. The number of terminal acetylenes is 1. The first-order chi connectivity index (χ1) is 8.21. The monoisotopic (exact) mass is 234 g/mol. The maximum absolute atomic E-state index is 9.42. The van der Waals surface area contributed by atoms with Crippen molar-refractivity contribution in [1.82, 2.24) is 0 Å². The van der Waals surface area contributed by atoms with Crippen LogP contribution in [0.5, 0.6) is 0 Å². The van der Waals surface area contributed by atoms with Gasteiger partial charge in [0.05, 0.1) is 0 Å². The summed E-state index contributed by atoms with van der Waals surface area (Å²) >= 11 is 0. The molecule has 0 aromatic heterocycles. The molecule has 0 aromatic carbocycles. The van der Waals surface area contributed by atoms with Gasteiger partial charge in [0.2, 0.25) is 0 Å². The molecule has 0 saturated carbocycles. The van der Waals surface area contributed by atoms with Crippen molar-refractivity contribution >= 4 is 7.12 Å². The fraction of sp³-hybridized carbons (Fsp3) is 0.429. The van der Waals surface area contributed by atoms with E-state index in [9.17, 15) is 5.02 Å². The van der Waals surface area contributed by atoms with Crippen LogP contribution in [0.2, 0.25) is 0 Å². The minimum Gasteiger partial charge on any atom is -0.423 e. The lowest BCUT2D eigenvalue weighted by molar-refractivity contribution is 0.259. The minimum absolute atomic E-state index is 0.593. The van der Waals surface area contributed by atoms with Gasteiger partial charge in [0.15, 0.2) is 0 Å². The zero-order valence-electron chi connectivity index (χ0n) is 11.4. The summed E-state index contributed by atoms with van der Waals surface area (Å²) in [5.41, 5.74) is 1.98. The van der Waals surface area contributed by atoms with Crippen LogP contribution in [-0.2, 0) is 4.65 Å². The van der Waals surface area contributed by atoms with E-state index in [1.165, 1.54) is 0 Å². The van der Waals surface area contributed by atoms with Crippen molar-refractivity contribution in [2.24, 2.45) is 0 Å². The Morgan fingerprint density at radius 1 is 1.53 bits per heavy atom. The molecule has 0 atom stereocenters. The topological polar surface area (TPSA) is 29.5 Å². The summed E-state index contributed by atoms with van der Waals surface area (Å²) < 4.78 is 5.07. The molecule has 2 nitrogen and oxygen atoms in total. The number of hydrogen-bond donors (Lipinski definition) is 1. The van der Waals surface area contributed by atoms with E-state index in [1.54, 1.807) is 19.1 Å². The first-order valence-corrected chi connectivity index (χ1v) is 5.86. The predicted molar refractivity (Wildman–Crippen MR) is 76.4 cm³/mol. The van der Waals surface area contributed by atoms with Gasteiger partial charge in [-0.25, -0.2) is 0 Å². The van der Waals surface area contributed by atoms with Gasteiger partial charge in [0.25, 0.3) is 0 Å². The molecule has 3 heteroatoms. The fourth-order valence-electron chi connectivity index (χ4n) is 1.30. The third-order valence-corrected chi connectivity index (χ3v) is 1.93. The van der Waals surface area contributed by atoms with Crippen molar-refractivity contribution in [2.45, 2.75) is 34.1 Å². The predicted octanol–water partition coefficient (Wildman–Crippen LogP) is 3.15. The van der Waals surface area contributed by atoms with E-state index in [4.69, 9.17) is 4.65 Å². The second kappa shape index (κ2) is 12.8. The molecule has 17 heavy (non-hydrogen) atoms. The molecular weight excluding hydrogens is 211 g/mol. The molecule has 0 bridgehead atoms. The van der Waals surface area contributed by atoms with Gasteiger partial charge in [-0.05, 0) is 25.7 Å². The van der Waals surface area contributed by atoms with Gasteiger partial charge in [-0.3, -0.25) is 0 Å². The Kier molecular flexibility index (Phi) is 13.7. The second-order valence-corrected chi connectivity index (χ2v) is 2.93. The van der Waals surface area contributed by atoms with Gasteiger partial charge in [-0.2, -0.15) is 0 Å². The smallest absolute Gasteiger partial charge is 0.423 e. The summed E-state index contributed by atoms with van der Waals surface area (Å²) in [5, 5.41) is 9.42. The Bertz CT molecular complexity index is 298. The lowest BCUT2D eigenvalue weighted by Gasteiger charge is -2.20. The molecule has 1 aliphatic heterocycles. The lowest BCUT2D eigenvalue weighted by Crippen LogP contribution is -2.28. The van der Waals surface area contributed by atoms with Crippen LogP contribution in [0.1, 0.15) is 34.1 Å². The number of allylic oxidation sites excluding steroid dienone is 4. The Balaban J connectivity index is 0. The van der Waals surface area contributed by atoms with Crippen molar-refractivity contribution in [3.05, 3.63) is 35.9 Å². The maximum Gasteiger partial charge on any atom is 0.491 e. The van der Waals surface area contributed by atoms with Crippen molar-refractivity contribution in [3.63, 3.8) is 0 Å². The molecule has 0 radical (unpaired) electrons. The zero-order valence-corrected chi connectivity index (χ0v) is 11.4. The molecule has 1 heterocycles. The van der Waals surface area contributed by atoms with E-state index < -0.39 is 7.12 Å². The molecular formula is C14H23BO2. The van der Waals surface area contributed by atoms with Gasteiger partial charge in [0.1, 0.15) is 0 Å². The van der Waals surface area contributed by atoms with Crippen molar-refractivity contribution in [3.8, 4) is 12.3 Å². The molecule has 1 fully saturated rings. The number of hydrogen-bond acceptors (Lipinski definition) is 2. The van der Waals surface area contributed by atoms with Crippen LogP contribution in [-0.4, -0.2) is 18.7 Å². The van der Waals surface area contributed by atoms with E-state index in [0.29, 0.717) is 6.61 Å². The summed E-state index contributed by atoms with van der Waals surface area (Å²) in [6, 6.07) is 0. The van der Waals surface area contributed by atoms with E-state index in [-0.39, 0.29) is 0 Å². The zero-order chi connectivity index (χ0) is 13.7. The van der Waals surface area contributed by atoms with Gasteiger partial charge >= 0.3 is 7.12 Å². The number of rotatable bonds is 1. The highest BCUT2D eigenvalue weighted by Gasteiger charge is 2.26. The molecule has 0 spiro atoms. The summed E-state index contributed by atoms with van der Waals surface area (Å²) in [6.07, 6.45) is 10.9. The Hall–Kier alpha value is -1.24. The first-order valence-electron chi connectivity index (χ1n) is 5.86. The molecule has 0 unspecified atom stereocenters. The Morgan fingerprint density at radius 2 is 2.06 bits per heavy atom. The van der Waals surface area contributed by atoms with Crippen LogP contribution >= 0.6 is 0 Å². The Morgan fingerprint density at radius 3 is 2.47 bits per heavy atom. The standard InChI is InChI=1S/C9H13BO2.C3H4.C2H6/c1-3-5-9-8(4-2)6-7-12-10(9)11;1-3-2;1-2/h3-5,11H,1,6-7H2,2H3;1H,2H3;1-2H3/b8-4-,9-5+;;. The van der Waals surface area contributed by atoms with Crippen LogP contribution in [0.25, 0.3) is 0 Å². The third-order valence-electron chi connectivity index (χ3n) is 1.93. The van der Waals surface area contributed by atoms with Crippen LogP contribution in [0.3, 0.4) is 0 Å². The first kappa shape index (κ1) is 18.1. The van der Waals surface area contributed by atoms with Gasteiger partial charge in [0, 0.05) is 6.61 Å². The quantitative estimate of drug-likeness (QED) is 0.557. The van der Waals surface area contributed by atoms with Gasteiger partial charge in [-0.15, -0.1) is 12.3 Å². The molecule has 1 N–H and O–H groups in total. The highest BCUT2D eigenvalue weighted by molar-refractivity contribution is 6.54. The molecule has 1 aliphatic rings. The highest BCUT2D eigenvalue weighted by Crippen LogP contribution is 2.21. The van der Waals surface area contributed by atoms with Gasteiger partial charge in [-0.1, -0.05) is 44.2 Å². The Labute approximate surface area is 106 Å². The largest absolute Gasteiger partial charge is 0.491 e. The lowest BCUT2D eigenvalue weighted by atomic mass is 9.71. The molecule has 1 rings (SSSR count). The highest BCUT2D eigenvalue weighted by atomic mass is 16.5. The summed E-state index contributed by atoms with van der Waals surface area (Å²) in [6.45, 7) is 11.8. The van der Waals surface area contributed by atoms with Crippen LogP contribution in [0, 0.1) is 12.3 Å². The minimum atomic E-state index is -0.775. The van der Waals surface area contributed by atoms with E-state index >= 15 is 0 Å². The normalized spacial score (nSPS) is 18.5. The summed E-state index contributed by atoms with van der Waals surface area (Å²) in [4.78, 5) is 0. The van der Waals surface area contributed by atoms with E-state index in [0.717, 1.165) is 17.5 Å². The molecule has 1 saturated heterocycles. The van der Waals surface area contributed by atoms with Crippen LogP contribution in [0.15, 0.2) is 35.9 Å². The van der Waals surface area contributed by atoms with Gasteiger partial charge < -0.3 is 9.68 Å². The second-order valence-electron chi connectivity index (χ2n) is 2.93. The molecule has 0 aliphatic carbocycles. The summed E-state index contributed by atoms with van der Waals surface area (Å²) in [5.74, 6) is 2.25. The van der Waals surface area contributed by atoms with Crippen molar-refractivity contribution in [1.29, 1.82) is 0 Å². The van der Waals surface area contributed by atoms with E-state index in [1.807, 2.05) is 26.8 Å². The molecule has 94 valence electrons. The van der Waals surface area contributed by atoms with Crippen LogP contribution < -0.4 is 0 Å². The van der Waals surface area contributed by atoms with Crippen molar-refractivity contribution < 1.29 is 9.68 Å².